The average Bonchev–Trinajstić information content (AvgIpc) is 3.00. The monoisotopic (exact) mass is 715 g/mol. The third-order valence-electron chi connectivity index (χ3n) is 6.98. The van der Waals surface area contributed by atoms with Crippen molar-refractivity contribution in [3.63, 3.8) is 0 Å². The fourth-order valence-corrected chi connectivity index (χ4v) is 6.80. The van der Waals surface area contributed by atoms with Crippen LogP contribution in [0.1, 0.15) is 23.6 Å². The molecular weight excluding hydrogens is 685 g/mol. The van der Waals surface area contributed by atoms with Gasteiger partial charge in [-0.05, 0) is 73.5 Å². The first-order valence-electron chi connectivity index (χ1n) is 13.9. The molecule has 0 aliphatic carbocycles. The minimum atomic E-state index is -4.19. The van der Waals surface area contributed by atoms with Gasteiger partial charge in [-0.15, -0.1) is 0 Å². The fraction of sp³-hybridized carbons (Fsp3) is 0.212. The maximum Gasteiger partial charge on any atom is 0.264 e. The molecule has 0 heterocycles. The minimum Gasteiger partial charge on any atom is -0.355 e. The Balaban J connectivity index is 1.81. The van der Waals surface area contributed by atoms with Gasteiger partial charge in [0.15, 0.2) is 0 Å². The molecule has 0 aromatic heterocycles. The van der Waals surface area contributed by atoms with Crippen molar-refractivity contribution in [1.29, 1.82) is 0 Å². The van der Waals surface area contributed by atoms with E-state index in [0.717, 1.165) is 19.9 Å². The zero-order valence-corrected chi connectivity index (χ0v) is 28.1. The number of carbonyl (C=O) groups excluding carboxylic acids is 2. The fourth-order valence-electron chi connectivity index (χ4n) is 4.65. The van der Waals surface area contributed by atoms with Crippen LogP contribution in [0.4, 0.5) is 5.69 Å². The summed E-state index contributed by atoms with van der Waals surface area (Å²) in [6.07, 6.45) is 0.201. The molecule has 2 amide bonds. The molecule has 0 spiro atoms. The number of nitrogens with one attached hydrogen (secondary N) is 1. The topological polar surface area (TPSA) is 86.8 Å². The Morgan fingerprint density at radius 1 is 0.909 bits per heavy atom. The van der Waals surface area contributed by atoms with E-state index in [9.17, 15) is 18.0 Å². The second-order valence-corrected chi connectivity index (χ2v) is 13.8. The molecule has 1 unspecified atom stereocenters. The van der Waals surface area contributed by atoms with Gasteiger partial charge in [0.05, 0.1) is 10.6 Å². The Hall–Kier alpha value is -3.37. The van der Waals surface area contributed by atoms with Crippen LogP contribution in [0.25, 0.3) is 0 Å². The van der Waals surface area contributed by atoms with Crippen molar-refractivity contribution in [3.05, 3.63) is 128 Å². The van der Waals surface area contributed by atoms with Crippen LogP contribution >= 0.6 is 39.1 Å². The number of likely N-dealkylation sites (N-methyl/N-ethyl adjacent to an activating group) is 1. The first kappa shape index (κ1) is 33.5. The number of rotatable bonds is 12. The minimum absolute atomic E-state index is 0.0377. The van der Waals surface area contributed by atoms with Crippen LogP contribution in [0.3, 0.4) is 0 Å². The highest BCUT2D eigenvalue weighted by Gasteiger charge is 2.34. The average molecular weight is 718 g/mol. The van der Waals surface area contributed by atoms with Crippen LogP contribution in [0.5, 0.6) is 0 Å². The molecule has 0 saturated heterocycles. The van der Waals surface area contributed by atoms with Gasteiger partial charge in [0.25, 0.3) is 10.0 Å². The van der Waals surface area contributed by atoms with Crippen molar-refractivity contribution in [2.45, 2.75) is 37.8 Å². The number of carbonyl (C=O) groups is 2. The molecule has 44 heavy (non-hydrogen) atoms. The Labute approximate surface area is 277 Å². The lowest BCUT2D eigenvalue weighted by atomic mass is 10.0. The van der Waals surface area contributed by atoms with Gasteiger partial charge in [-0.25, -0.2) is 8.42 Å². The van der Waals surface area contributed by atoms with Crippen molar-refractivity contribution in [3.8, 4) is 0 Å². The molecule has 0 aliphatic rings. The predicted octanol–water partition coefficient (Wildman–Crippen LogP) is 7.04. The molecule has 0 saturated carbocycles. The molecule has 4 aromatic carbocycles. The summed E-state index contributed by atoms with van der Waals surface area (Å²) >= 11 is 16.1. The summed E-state index contributed by atoms with van der Waals surface area (Å²) in [6.45, 7) is 3.39. The Kier molecular flexibility index (Phi) is 11.5. The van der Waals surface area contributed by atoms with Gasteiger partial charge >= 0.3 is 0 Å². The lowest BCUT2D eigenvalue weighted by Gasteiger charge is -2.34. The number of amides is 2. The Morgan fingerprint density at radius 3 is 2.18 bits per heavy atom. The molecule has 4 rings (SSSR count). The van der Waals surface area contributed by atoms with E-state index in [1.807, 2.05) is 37.3 Å². The van der Waals surface area contributed by atoms with E-state index in [2.05, 4.69) is 21.2 Å². The largest absolute Gasteiger partial charge is 0.355 e. The summed E-state index contributed by atoms with van der Waals surface area (Å²) in [5.74, 6) is -0.951. The molecule has 0 radical (unpaired) electrons. The maximum atomic E-state index is 14.4. The molecule has 1 N–H and O–H groups in total. The van der Waals surface area contributed by atoms with E-state index in [1.54, 1.807) is 61.5 Å². The lowest BCUT2D eigenvalue weighted by molar-refractivity contribution is -0.140. The van der Waals surface area contributed by atoms with Crippen molar-refractivity contribution in [2.24, 2.45) is 0 Å². The van der Waals surface area contributed by atoms with Crippen LogP contribution in [0, 0.1) is 6.92 Å². The number of benzene rings is 4. The third kappa shape index (κ3) is 8.41. The quantitative estimate of drug-likeness (QED) is 0.171. The first-order valence-corrected chi connectivity index (χ1v) is 16.9. The second-order valence-electron chi connectivity index (χ2n) is 10.2. The molecule has 0 bridgehead atoms. The second kappa shape index (κ2) is 15.1. The van der Waals surface area contributed by atoms with Gasteiger partial charge in [0.2, 0.25) is 11.8 Å². The van der Waals surface area contributed by atoms with E-state index in [0.29, 0.717) is 27.8 Å². The highest BCUT2D eigenvalue weighted by molar-refractivity contribution is 9.10. The standard InChI is InChI=1S/C33H32BrCl2N3O4S/c1-3-37-33(41)31(19-24-7-5-4-6-8-24)38(21-25-11-14-27(35)20-30(25)36)32(40)22-39(28-15-12-26(34)13-16-28)44(42,43)29-17-9-23(2)10-18-29/h4-18,20,31H,3,19,21-22H2,1-2H3,(H,37,41). The third-order valence-corrected chi connectivity index (χ3v) is 9.88. The normalized spacial score (nSPS) is 11.9. The highest BCUT2D eigenvalue weighted by Crippen LogP contribution is 2.28. The lowest BCUT2D eigenvalue weighted by Crippen LogP contribution is -2.53. The molecule has 11 heteroatoms. The highest BCUT2D eigenvalue weighted by atomic mass is 79.9. The van der Waals surface area contributed by atoms with Gasteiger partial charge in [0.1, 0.15) is 12.6 Å². The van der Waals surface area contributed by atoms with E-state index >= 15 is 0 Å². The van der Waals surface area contributed by atoms with Crippen molar-refractivity contribution in [2.75, 3.05) is 17.4 Å². The van der Waals surface area contributed by atoms with Crippen molar-refractivity contribution >= 4 is 66.7 Å². The van der Waals surface area contributed by atoms with Gasteiger partial charge in [-0.3, -0.25) is 13.9 Å². The van der Waals surface area contributed by atoms with Crippen molar-refractivity contribution in [1.82, 2.24) is 10.2 Å². The molecule has 7 nitrogen and oxygen atoms in total. The van der Waals surface area contributed by atoms with E-state index in [-0.39, 0.29) is 23.8 Å². The first-order chi connectivity index (χ1) is 21.0. The molecule has 4 aromatic rings. The van der Waals surface area contributed by atoms with Gasteiger partial charge in [-0.2, -0.15) is 0 Å². The smallest absolute Gasteiger partial charge is 0.264 e. The van der Waals surface area contributed by atoms with E-state index in [1.165, 1.54) is 17.0 Å². The van der Waals surface area contributed by atoms with E-state index in [4.69, 9.17) is 23.2 Å². The summed E-state index contributed by atoms with van der Waals surface area (Å²) in [6, 6.07) is 26.4. The van der Waals surface area contributed by atoms with Gasteiger partial charge < -0.3 is 10.2 Å². The Morgan fingerprint density at radius 2 is 1.57 bits per heavy atom. The summed E-state index contributed by atoms with van der Waals surface area (Å²) in [5.41, 5.74) is 2.58. The summed E-state index contributed by atoms with van der Waals surface area (Å²) in [7, 11) is -4.19. The number of hydrogen-bond donors (Lipinski definition) is 1. The SMILES string of the molecule is CCNC(=O)C(Cc1ccccc1)N(Cc1ccc(Cl)cc1Cl)C(=O)CN(c1ccc(Br)cc1)S(=O)(=O)c1ccc(C)cc1. The van der Waals surface area contributed by atoms with Crippen LogP contribution < -0.4 is 9.62 Å². The number of halogens is 3. The number of hydrogen-bond acceptors (Lipinski definition) is 4. The van der Waals surface area contributed by atoms with Gasteiger partial charge in [-0.1, -0.05) is 93.2 Å². The summed E-state index contributed by atoms with van der Waals surface area (Å²) in [4.78, 5) is 29.4. The molecule has 1 atom stereocenters. The summed E-state index contributed by atoms with van der Waals surface area (Å²) < 4.78 is 29.9. The Bertz CT molecular complexity index is 1700. The van der Waals surface area contributed by atoms with Gasteiger partial charge in [0, 0.05) is 34.0 Å². The molecule has 0 fully saturated rings. The molecule has 0 aliphatic heterocycles. The van der Waals surface area contributed by atoms with Crippen LogP contribution in [0.2, 0.25) is 10.0 Å². The number of sulfonamides is 1. The zero-order chi connectivity index (χ0) is 31.9. The van der Waals surface area contributed by atoms with E-state index < -0.39 is 28.5 Å². The number of aryl methyl sites for hydroxylation is 1. The zero-order valence-electron chi connectivity index (χ0n) is 24.2. The van der Waals surface area contributed by atoms with Crippen LogP contribution in [0.15, 0.2) is 106 Å². The predicted molar refractivity (Wildman–Crippen MR) is 179 cm³/mol. The van der Waals surface area contributed by atoms with Crippen LogP contribution in [-0.2, 0) is 32.6 Å². The number of nitrogens with zero attached hydrogens (tertiary/aromatic N) is 2. The van der Waals surface area contributed by atoms with Crippen molar-refractivity contribution < 1.29 is 18.0 Å². The summed E-state index contributed by atoms with van der Waals surface area (Å²) in [5, 5.41) is 3.58. The number of anilines is 1. The molecular formula is C33H32BrCl2N3O4S. The maximum absolute atomic E-state index is 14.4. The van der Waals surface area contributed by atoms with Crippen LogP contribution in [-0.4, -0.2) is 44.3 Å². The molecule has 230 valence electrons.